The summed E-state index contributed by atoms with van der Waals surface area (Å²) in [5.41, 5.74) is 1.81. The van der Waals surface area contributed by atoms with Gasteiger partial charge in [-0.15, -0.1) is 0 Å². The van der Waals surface area contributed by atoms with E-state index in [4.69, 9.17) is 4.74 Å². The lowest BCUT2D eigenvalue weighted by Crippen LogP contribution is -2.34. The van der Waals surface area contributed by atoms with E-state index in [1.165, 1.54) is 0 Å². The fourth-order valence-corrected chi connectivity index (χ4v) is 3.97. The Morgan fingerprint density at radius 3 is 2.75 bits per heavy atom. The molecule has 1 aliphatic heterocycles. The molecule has 0 spiro atoms. The number of hydrogen-bond acceptors (Lipinski definition) is 5. The third-order valence-corrected chi connectivity index (χ3v) is 5.51. The molecule has 0 radical (unpaired) electrons. The van der Waals surface area contributed by atoms with Crippen LogP contribution in [0.2, 0.25) is 0 Å². The first kappa shape index (κ1) is 21.5. The molecule has 0 bridgehead atoms. The zero-order valence-corrected chi connectivity index (χ0v) is 18.0. The second-order valence-corrected chi connectivity index (χ2v) is 7.74. The number of carbonyl (C=O) groups is 2. The van der Waals surface area contributed by atoms with Crippen molar-refractivity contribution >= 4 is 28.6 Å². The zero-order chi connectivity index (χ0) is 22.5. The number of amides is 2. The number of aryl methyl sites for hydroxylation is 1. The topological polar surface area (TPSA) is 102 Å². The molecule has 2 amide bonds. The number of fused-ring (bicyclic) bond motifs is 2. The number of aromatic nitrogens is 2. The van der Waals surface area contributed by atoms with Crippen molar-refractivity contribution in [2.45, 2.75) is 45.2 Å². The minimum absolute atomic E-state index is 0.0143. The standard InChI is InChI=1S/C24H26N4O4/c1-2-32-22(29)15-20(16-8-4-3-5-9-16)27-24(31)25-17-11-12-19-18(14-17)23(30)28-13-7-6-10-21(28)26-19/h3-5,8-9,11-12,14,20H,2,6-7,10,13,15H2,1H3,(H2,25,27,31). The largest absolute Gasteiger partial charge is 0.466 e. The molecule has 8 nitrogen and oxygen atoms in total. The molecule has 166 valence electrons. The zero-order valence-electron chi connectivity index (χ0n) is 18.0. The maximum atomic E-state index is 12.9. The molecule has 0 aliphatic carbocycles. The molecule has 2 aromatic carbocycles. The number of carbonyl (C=O) groups excluding carboxylic acids is 2. The molecule has 3 aromatic rings. The van der Waals surface area contributed by atoms with Crippen LogP contribution in [0.3, 0.4) is 0 Å². The van der Waals surface area contributed by atoms with Gasteiger partial charge in [-0.05, 0) is 43.5 Å². The normalized spacial score (nSPS) is 13.8. The summed E-state index contributed by atoms with van der Waals surface area (Å²) < 4.78 is 6.77. The van der Waals surface area contributed by atoms with Gasteiger partial charge in [0.15, 0.2) is 0 Å². The number of ether oxygens (including phenoxy) is 1. The van der Waals surface area contributed by atoms with Crippen molar-refractivity contribution in [3.05, 3.63) is 70.3 Å². The van der Waals surface area contributed by atoms with Crippen molar-refractivity contribution in [1.29, 1.82) is 0 Å². The Labute approximate surface area is 185 Å². The Morgan fingerprint density at radius 1 is 1.16 bits per heavy atom. The molecular formula is C24H26N4O4. The summed E-state index contributed by atoms with van der Waals surface area (Å²) in [4.78, 5) is 42.3. The number of rotatable bonds is 6. The highest BCUT2D eigenvalue weighted by molar-refractivity contribution is 5.93. The van der Waals surface area contributed by atoms with Gasteiger partial charge in [0.2, 0.25) is 0 Å². The van der Waals surface area contributed by atoms with E-state index in [1.54, 1.807) is 29.7 Å². The fourth-order valence-electron chi connectivity index (χ4n) is 3.97. The summed E-state index contributed by atoms with van der Waals surface area (Å²) in [6.45, 7) is 2.68. The van der Waals surface area contributed by atoms with E-state index in [0.29, 0.717) is 23.1 Å². The number of anilines is 1. The Bertz CT molecular complexity index is 1190. The van der Waals surface area contributed by atoms with Crippen LogP contribution in [-0.2, 0) is 22.5 Å². The Morgan fingerprint density at radius 2 is 1.97 bits per heavy atom. The molecule has 2 heterocycles. The fraction of sp³-hybridized carbons (Fsp3) is 0.333. The average Bonchev–Trinajstić information content (AvgIpc) is 2.80. The molecule has 1 aromatic heterocycles. The molecule has 1 aliphatic rings. The van der Waals surface area contributed by atoms with E-state index in [9.17, 15) is 14.4 Å². The van der Waals surface area contributed by atoms with Crippen LogP contribution in [-0.4, -0.2) is 28.2 Å². The lowest BCUT2D eigenvalue weighted by molar-refractivity contribution is -0.143. The van der Waals surface area contributed by atoms with Crippen LogP contribution in [0.1, 0.15) is 43.6 Å². The average molecular weight is 434 g/mol. The number of nitrogens with one attached hydrogen (secondary N) is 2. The first-order chi connectivity index (χ1) is 15.5. The predicted molar refractivity (Wildman–Crippen MR) is 122 cm³/mol. The highest BCUT2D eigenvalue weighted by Gasteiger charge is 2.20. The molecular weight excluding hydrogens is 408 g/mol. The van der Waals surface area contributed by atoms with E-state index < -0.39 is 18.0 Å². The minimum atomic E-state index is -0.546. The number of nitrogens with zero attached hydrogens (tertiary/aromatic N) is 2. The van der Waals surface area contributed by atoms with Crippen molar-refractivity contribution in [3.63, 3.8) is 0 Å². The summed E-state index contributed by atoms with van der Waals surface area (Å²) >= 11 is 0. The maximum Gasteiger partial charge on any atom is 0.319 e. The van der Waals surface area contributed by atoms with E-state index in [0.717, 1.165) is 30.7 Å². The molecule has 1 atom stereocenters. The van der Waals surface area contributed by atoms with Crippen LogP contribution in [0.25, 0.3) is 10.9 Å². The quantitative estimate of drug-likeness (QED) is 0.578. The highest BCUT2D eigenvalue weighted by Crippen LogP contribution is 2.20. The predicted octanol–water partition coefficient (Wildman–Crippen LogP) is 3.55. The third kappa shape index (κ3) is 4.80. The number of hydrogen-bond donors (Lipinski definition) is 2. The van der Waals surface area contributed by atoms with Crippen molar-refractivity contribution in [2.24, 2.45) is 0 Å². The monoisotopic (exact) mass is 434 g/mol. The molecule has 0 saturated carbocycles. The van der Waals surface area contributed by atoms with Gasteiger partial charge in [0, 0.05) is 18.7 Å². The van der Waals surface area contributed by atoms with Gasteiger partial charge in [0.05, 0.1) is 30.0 Å². The third-order valence-electron chi connectivity index (χ3n) is 5.51. The summed E-state index contributed by atoms with van der Waals surface area (Å²) in [7, 11) is 0. The van der Waals surface area contributed by atoms with E-state index in [1.807, 2.05) is 30.3 Å². The molecule has 8 heteroatoms. The smallest absolute Gasteiger partial charge is 0.319 e. The molecule has 2 N–H and O–H groups in total. The first-order valence-electron chi connectivity index (χ1n) is 10.9. The maximum absolute atomic E-state index is 12.9. The van der Waals surface area contributed by atoms with Crippen molar-refractivity contribution in [1.82, 2.24) is 14.9 Å². The lowest BCUT2D eigenvalue weighted by atomic mass is 10.0. The van der Waals surface area contributed by atoms with Crippen LogP contribution in [0.5, 0.6) is 0 Å². The van der Waals surface area contributed by atoms with Crippen molar-refractivity contribution < 1.29 is 14.3 Å². The van der Waals surface area contributed by atoms with Crippen LogP contribution < -0.4 is 16.2 Å². The number of urea groups is 1. The van der Waals surface area contributed by atoms with Gasteiger partial charge < -0.3 is 15.4 Å². The van der Waals surface area contributed by atoms with Crippen molar-refractivity contribution in [3.8, 4) is 0 Å². The van der Waals surface area contributed by atoms with E-state index >= 15 is 0 Å². The Kier molecular flexibility index (Phi) is 6.49. The Balaban J connectivity index is 1.53. The van der Waals surface area contributed by atoms with Gasteiger partial charge >= 0.3 is 12.0 Å². The van der Waals surface area contributed by atoms with Crippen molar-refractivity contribution in [2.75, 3.05) is 11.9 Å². The van der Waals surface area contributed by atoms with Crippen LogP contribution in [0.4, 0.5) is 10.5 Å². The van der Waals surface area contributed by atoms with E-state index in [-0.39, 0.29) is 18.6 Å². The summed E-state index contributed by atoms with van der Waals surface area (Å²) in [5, 5.41) is 6.07. The van der Waals surface area contributed by atoms with E-state index in [2.05, 4.69) is 15.6 Å². The summed E-state index contributed by atoms with van der Waals surface area (Å²) in [6, 6.07) is 13.3. The minimum Gasteiger partial charge on any atom is -0.466 e. The van der Waals surface area contributed by atoms with Gasteiger partial charge in [-0.1, -0.05) is 30.3 Å². The van der Waals surface area contributed by atoms with Gasteiger partial charge in [-0.2, -0.15) is 0 Å². The van der Waals surface area contributed by atoms with Crippen LogP contribution in [0.15, 0.2) is 53.3 Å². The SMILES string of the molecule is CCOC(=O)CC(NC(=O)Nc1ccc2nc3n(c(=O)c2c1)CCCC3)c1ccccc1. The highest BCUT2D eigenvalue weighted by atomic mass is 16.5. The van der Waals surface area contributed by atoms with Crippen LogP contribution in [0, 0.1) is 0 Å². The molecule has 0 saturated heterocycles. The second-order valence-electron chi connectivity index (χ2n) is 7.74. The molecule has 0 fully saturated rings. The summed E-state index contributed by atoms with van der Waals surface area (Å²) in [5.74, 6) is 0.424. The Hall–Kier alpha value is -3.68. The van der Waals surface area contributed by atoms with Gasteiger partial charge in [0.1, 0.15) is 5.82 Å². The molecule has 32 heavy (non-hydrogen) atoms. The number of benzene rings is 2. The summed E-state index contributed by atoms with van der Waals surface area (Å²) in [6.07, 6.45) is 2.81. The van der Waals surface area contributed by atoms with Gasteiger partial charge in [0.25, 0.3) is 5.56 Å². The van der Waals surface area contributed by atoms with Crippen LogP contribution >= 0.6 is 0 Å². The second kappa shape index (κ2) is 9.64. The number of esters is 1. The van der Waals surface area contributed by atoms with Gasteiger partial charge in [-0.25, -0.2) is 9.78 Å². The van der Waals surface area contributed by atoms with Gasteiger partial charge in [-0.3, -0.25) is 14.2 Å². The first-order valence-corrected chi connectivity index (χ1v) is 10.9. The molecule has 1 unspecified atom stereocenters. The lowest BCUT2D eigenvalue weighted by Gasteiger charge is -2.19. The molecule has 4 rings (SSSR count).